The molecule has 1 aliphatic carbocycles. The van der Waals surface area contributed by atoms with E-state index in [1.165, 1.54) is 28.4 Å². The summed E-state index contributed by atoms with van der Waals surface area (Å²) in [7, 11) is 0. The molecule has 0 unspecified atom stereocenters. The molecule has 1 saturated carbocycles. The van der Waals surface area contributed by atoms with E-state index in [1.807, 2.05) is 31.2 Å². The second-order valence-electron chi connectivity index (χ2n) is 28.7. The summed E-state index contributed by atoms with van der Waals surface area (Å²) in [6.07, 6.45) is 7.06. The van der Waals surface area contributed by atoms with Crippen LogP contribution < -0.4 is 41.1 Å². The molecule has 25 heteroatoms. The number of β-amino-alcohol motifs (C(OH)–C–C–N with tert-alkyl or cyclic N) is 1. The first-order chi connectivity index (χ1) is 43.3. The molecule has 5 amide bonds. The summed E-state index contributed by atoms with van der Waals surface area (Å²) in [5.41, 5.74) is 1.65. The minimum absolute atomic E-state index is 0.00326. The molecule has 0 radical (unpaired) electrons. The molecule has 2 spiro atoms. The summed E-state index contributed by atoms with van der Waals surface area (Å²) in [5.74, 6) is -1.12. The van der Waals surface area contributed by atoms with Crippen molar-refractivity contribution in [3.05, 3.63) is 76.7 Å². The van der Waals surface area contributed by atoms with Crippen molar-refractivity contribution < 1.29 is 47.0 Å². The number of ether oxygens (including phenoxy) is 1. The lowest BCUT2D eigenvalue weighted by Gasteiger charge is -2.48. The Balaban J connectivity index is 0.599. The zero-order valence-corrected chi connectivity index (χ0v) is 54.4. The lowest BCUT2D eigenvalue weighted by Crippen LogP contribution is -2.66. The number of hydrogen-bond donors (Lipinski definition) is 6. The fourth-order valence-corrected chi connectivity index (χ4v) is 14.9. The number of piperazine rings is 1. The van der Waals surface area contributed by atoms with E-state index in [1.54, 1.807) is 37.5 Å². The van der Waals surface area contributed by atoms with Crippen molar-refractivity contribution in [2.75, 3.05) is 120 Å². The number of rotatable bonds is 22. The zero-order valence-electron chi connectivity index (χ0n) is 53.6. The number of aromatic nitrogens is 3. The van der Waals surface area contributed by atoms with Crippen LogP contribution in [0.1, 0.15) is 116 Å². The fourth-order valence-electron chi connectivity index (χ4n) is 14.1. The number of piperidine rings is 2. The van der Waals surface area contributed by atoms with Crippen LogP contribution in [0.4, 0.5) is 30.5 Å². The number of carbonyl (C=O) groups excluding carboxylic acids is 5. The summed E-state index contributed by atoms with van der Waals surface area (Å²) in [6, 6.07) is 8.08. The SMILES string of the molecule is Cc1ncsc1-c1ccc(CNC(=O)[C@@H]2C[C@@H](O)CN2C(=O)[C@@H](NC(=O)C2(F)CC2)C(C)(C)C)c(OCCNC(=O)CN2CC[C@@]3(CCN(CCCNc4cc(N5CCC6(CC5)CN(c5cc(F)c(CN7CCC(C)(C)CC7)cc5F)CC(=O)N6)ncn4)C3)C2)c1. The number of benzene rings is 2. The Hall–Kier alpha value is -6.67. The third-order valence-electron chi connectivity index (χ3n) is 19.9. The smallest absolute Gasteiger partial charge is 0.258 e. The lowest BCUT2D eigenvalue weighted by atomic mass is 9.82. The summed E-state index contributed by atoms with van der Waals surface area (Å²) in [6.45, 7) is 21.3. The van der Waals surface area contributed by atoms with Crippen LogP contribution in [-0.4, -0.2) is 203 Å². The van der Waals surface area contributed by atoms with Crippen molar-refractivity contribution in [1.82, 2.24) is 55.8 Å². The molecule has 0 bridgehead atoms. The van der Waals surface area contributed by atoms with Gasteiger partial charge in [0, 0.05) is 88.6 Å². The van der Waals surface area contributed by atoms with Crippen molar-refractivity contribution in [3.63, 3.8) is 0 Å². The molecule has 6 aliphatic heterocycles. The maximum atomic E-state index is 15.8. The van der Waals surface area contributed by atoms with E-state index >= 15 is 8.78 Å². The average Bonchev–Trinajstić information content (AvgIpc) is 1.53. The van der Waals surface area contributed by atoms with E-state index in [4.69, 9.17) is 4.74 Å². The molecule has 494 valence electrons. The molecule has 2 aromatic heterocycles. The quantitative estimate of drug-likeness (QED) is 0.0512. The molecule has 91 heavy (non-hydrogen) atoms. The second kappa shape index (κ2) is 27.1. The van der Waals surface area contributed by atoms with Crippen LogP contribution in [0.2, 0.25) is 0 Å². The Morgan fingerprint density at radius 3 is 2.30 bits per heavy atom. The molecule has 6 N–H and O–H groups in total. The van der Waals surface area contributed by atoms with Crippen LogP contribution in [0.3, 0.4) is 0 Å². The van der Waals surface area contributed by atoms with Crippen molar-refractivity contribution in [2.24, 2.45) is 16.2 Å². The van der Waals surface area contributed by atoms with Crippen molar-refractivity contribution in [2.45, 2.75) is 148 Å². The number of likely N-dealkylation sites (tertiary alicyclic amines) is 4. The standard InChI is InChI=1S/C66H91F3N14O7S/c1-43-57(91-42-75-43)44-8-9-45(33-72-59(87)51-30-47(84)35-83(51)60(88)58(62(2,3)4)76-61(89)66(69)10-11-66)52(29-44)90-27-19-71-55(85)36-80-24-15-64(39-80)14-23-79(38-64)20-7-18-70-53-32-54(74-41-73-53)81-25-16-65(17-26-81)40-82(37-56(86)77-65)50-31-48(67)46(28-49(50)68)34-78-21-12-63(5,6)13-22-78/h8-9,28-29,31-32,41-42,47,51,58,84H,7,10-27,30,33-40H2,1-6H3,(H,71,85)(H,72,87)(H,76,89)(H,77,86)(H,70,73,74)/t47-,51+,58-,64-/m1/s1. The first-order valence-electron chi connectivity index (χ1n) is 32.5. The van der Waals surface area contributed by atoms with E-state index in [0.717, 1.165) is 112 Å². The van der Waals surface area contributed by atoms with Gasteiger partial charge in [-0.2, -0.15) is 0 Å². The van der Waals surface area contributed by atoms with Gasteiger partial charge in [0.15, 0.2) is 5.67 Å². The monoisotopic (exact) mass is 1280 g/mol. The van der Waals surface area contributed by atoms with Crippen LogP contribution in [-0.2, 0) is 37.1 Å². The molecule has 4 atom stereocenters. The Bertz CT molecular complexity index is 3310. The van der Waals surface area contributed by atoms with E-state index in [0.29, 0.717) is 55.9 Å². The number of thiazole rings is 1. The largest absolute Gasteiger partial charge is 0.491 e. The molecule has 7 aliphatic rings. The number of aliphatic hydroxyl groups is 1. The zero-order chi connectivity index (χ0) is 64.5. The van der Waals surface area contributed by atoms with Gasteiger partial charge in [-0.3, -0.25) is 33.8 Å². The van der Waals surface area contributed by atoms with Crippen molar-refractivity contribution >= 4 is 58.2 Å². The van der Waals surface area contributed by atoms with Gasteiger partial charge < -0.3 is 56.0 Å². The first kappa shape index (κ1) is 65.8. The Morgan fingerprint density at radius 2 is 1.57 bits per heavy atom. The average molecular weight is 1280 g/mol. The molecule has 7 fully saturated rings. The van der Waals surface area contributed by atoms with Gasteiger partial charge in [0.25, 0.3) is 5.91 Å². The number of aliphatic hydroxyl groups excluding tert-OH is 1. The maximum absolute atomic E-state index is 15.8. The van der Waals surface area contributed by atoms with Gasteiger partial charge in [-0.1, -0.05) is 46.8 Å². The maximum Gasteiger partial charge on any atom is 0.258 e. The number of nitrogens with zero attached hydrogens (tertiary/aromatic N) is 9. The van der Waals surface area contributed by atoms with E-state index in [2.05, 4.69) is 75.0 Å². The predicted molar refractivity (Wildman–Crippen MR) is 342 cm³/mol. The summed E-state index contributed by atoms with van der Waals surface area (Å²) in [4.78, 5) is 93.9. The van der Waals surface area contributed by atoms with Crippen LogP contribution in [0, 0.1) is 34.8 Å². The molecule has 21 nitrogen and oxygen atoms in total. The van der Waals surface area contributed by atoms with Gasteiger partial charge in [-0.05, 0) is 131 Å². The summed E-state index contributed by atoms with van der Waals surface area (Å²) >= 11 is 1.50. The molecule has 4 aromatic rings. The minimum atomic E-state index is -1.99. The minimum Gasteiger partial charge on any atom is -0.491 e. The Morgan fingerprint density at radius 1 is 0.835 bits per heavy atom. The van der Waals surface area contributed by atoms with E-state index in [9.17, 15) is 33.5 Å². The number of anilines is 3. The third kappa shape index (κ3) is 15.9. The topological polar surface area (TPSA) is 233 Å². The third-order valence-corrected chi connectivity index (χ3v) is 20.9. The van der Waals surface area contributed by atoms with E-state index in [-0.39, 0.29) is 86.9 Å². The van der Waals surface area contributed by atoms with Crippen molar-refractivity contribution in [3.8, 4) is 16.2 Å². The predicted octanol–water partition coefficient (Wildman–Crippen LogP) is 5.79. The molecule has 8 heterocycles. The van der Waals surface area contributed by atoms with E-state index < -0.39 is 64.2 Å². The molecular weight excluding hydrogens is 1190 g/mol. The first-order valence-corrected chi connectivity index (χ1v) is 33.4. The fraction of sp³-hybridized carbons (Fsp3) is 0.636. The number of nitrogens with one attached hydrogen (secondary N) is 5. The lowest BCUT2D eigenvalue weighted by molar-refractivity contribution is -0.145. The normalized spacial score (nSPS) is 23.5. The van der Waals surface area contributed by atoms with Gasteiger partial charge in [-0.25, -0.2) is 28.1 Å². The van der Waals surface area contributed by atoms with Gasteiger partial charge in [0.05, 0.1) is 53.0 Å². The summed E-state index contributed by atoms with van der Waals surface area (Å²) in [5, 5.41) is 26.0. The molecule has 11 rings (SSSR count). The molecule has 6 saturated heterocycles. The number of amides is 5. The van der Waals surface area contributed by atoms with Crippen molar-refractivity contribution in [1.29, 1.82) is 0 Å². The van der Waals surface area contributed by atoms with Crippen LogP contribution in [0.15, 0.2) is 48.2 Å². The van der Waals surface area contributed by atoms with Crippen LogP contribution in [0.5, 0.6) is 5.75 Å². The molecule has 2 aromatic carbocycles. The van der Waals surface area contributed by atoms with Crippen LogP contribution in [0.25, 0.3) is 10.4 Å². The Kier molecular flexibility index (Phi) is 19.6. The highest BCUT2D eigenvalue weighted by Gasteiger charge is 2.54. The number of alkyl halides is 1. The number of hydrogen-bond acceptors (Lipinski definition) is 17. The van der Waals surface area contributed by atoms with Gasteiger partial charge in [0.1, 0.15) is 54.0 Å². The molecular formula is C66H91F3N14O7S. The number of carbonyl (C=O) groups is 5. The van der Waals surface area contributed by atoms with Crippen LogP contribution >= 0.6 is 11.3 Å². The van der Waals surface area contributed by atoms with Gasteiger partial charge in [-0.15, -0.1) is 11.3 Å². The van der Waals surface area contributed by atoms with Gasteiger partial charge >= 0.3 is 0 Å². The Labute approximate surface area is 536 Å². The highest BCUT2D eigenvalue weighted by molar-refractivity contribution is 7.13. The second-order valence-corrected chi connectivity index (χ2v) is 29.5. The van der Waals surface area contributed by atoms with Gasteiger partial charge in [0.2, 0.25) is 23.6 Å². The highest BCUT2D eigenvalue weighted by atomic mass is 32.1. The summed E-state index contributed by atoms with van der Waals surface area (Å²) < 4.78 is 52.5. The number of halogens is 3. The number of aryl methyl sites for hydroxylation is 1. The highest BCUT2D eigenvalue weighted by Crippen LogP contribution is 2.42.